The molecule has 36 heavy (non-hydrogen) atoms. The van der Waals surface area contributed by atoms with E-state index in [1.165, 1.54) is 19.3 Å². The van der Waals surface area contributed by atoms with Gasteiger partial charge in [-0.25, -0.2) is 0 Å². The first-order valence-corrected chi connectivity index (χ1v) is 14.3. The second-order valence-corrected chi connectivity index (χ2v) is 11.6. The molecule has 1 saturated heterocycles. The molecule has 1 aliphatic heterocycles. The minimum atomic E-state index is 0.264. The largest absolute Gasteiger partial charge is 0.381 e. The fraction of sp³-hybridized carbons (Fsp3) is 0.714. The van der Waals surface area contributed by atoms with Gasteiger partial charge in [-0.05, 0) is 88.3 Å². The number of hydrogen-bond acceptors (Lipinski definition) is 6. The molecule has 0 atom stereocenters. The van der Waals surface area contributed by atoms with Crippen molar-refractivity contribution in [2.24, 2.45) is 11.8 Å². The van der Waals surface area contributed by atoms with Crippen LogP contribution in [-0.2, 0) is 9.53 Å². The number of piperazine rings is 1. The van der Waals surface area contributed by atoms with E-state index in [9.17, 15) is 4.79 Å². The third kappa shape index (κ3) is 6.53. The van der Waals surface area contributed by atoms with Gasteiger partial charge in [-0.3, -0.25) is 9.69 Å². The normalized spacial score (nSPS) is 27.9. The van der Waals surface area contributed by atoms with E-state index in [4.69, 9.17) is 20.9 Å². The molecule has 3 aliphatic rings. The Morgan fingerprint density at radius 1 is 1.06 bits per heavy atom. The van der Waals surface area contributed by atoms with Gasteiger partial charge in [0, 0.05) is 56.8 Å². The lowest BCUT2D eigenvalue weighted by Gasteiger charge is -2.36. The first-order valence-electron chi connectivity index (χ1n) is 13.9. The fourth-order valence-electron chi connectivity index (χ4n) is 6.39. The molecule has 8 heteroatoms. The van der Waals surface area contributed by atoms with Crippen LogP contribution in [0.5, 0.6) is 0 Å². The second-order valence-electron chi connectivity index (χ2n) is 11.1. The molecule has 1 amide bonds. The van der Waals surface area contributed by atoms with Gasteiger partial charge in [0.1, 0.15) is 0 Å². The van der Waals surface area contributed by atoms with Gasteiger partial charge in [-0.2, -0.15) is 0 Å². The smallest absolute Gasteiger partial charge is 0.220 e. The molecule has 1 aromatic heterocycles. The Morgan fingerprint density at radius 2 is 1.78 bits per heavy atom. The van der Waals surface area contributed by atoms with Crippen LogP contribution in [-0.4, -0.2) is 67.9 Å². The van der Waals surface area contributed by atoms with E-state index in [-0.39, 0.29) is 5.91 Å². The van der Waals surface area contributed by atoms with E-state index >= 15 is 0 Å². The number of benzene rings is 1. The summed E-state index contributed by atoms with van der Waals surface area (Å²) in [6.45, 7) is 5.21. The average molecular weight is 517 g/mol. The topological polar surface area (TPSA) is 70.8 Å². The summed E-state index contributed by atoms with van der Waals surface area (Å²) in [5.74, 6) is 2.52. The average Bonchev–Trinajstić information content (AvgIpc) is 3.32. The van der Waals surface area contributed by atoms with E-state index in [1.54, 1.807) is 7.11 Å². The Kier molecular flexibility index (Phi) is 8.70. The summed E-state index contributed by atoms with van der Waals surface area (Å²) >= 11 is 6.08. The van der Waals surface area contributed by atoms with Gasteiger partial charge in [0.05, 0.1) is 11.5 Å². The van der Waals surface area contributed by atoms with E-state index in [1.807, 2.05) is 18.2 Å². The molecule has 2 heterocycles. The number of anilines is 1. The Balaban J connectivity index is 0.973. The molecule has 3 fully saturated rings. The highest BCUT2D eigenvalue weighted by Crippen LogP contribution is 2.31. The number of nitrogens with one attached hydrogen (secondary N) is 1. The SMILES string of the molecule is CO[C@H]1CC[C@H](CC(=O)N[C@H]2CC[C@H](CCN3CCN(c4noc5cc(Cl)ccc45)CC3)CC2)CC1. The summed E-state index contributed by atoms with van der Waals surface area (Å²) in [7, 11) is 1.80. The molecular weight excluding hydrogens is 476 g/mol. The third-order valence-electron chi connectivity index (χ3n) is 8.75. The van der Waals surface area contributed by atoms with Crippen LogP contribution in [0.1, 0.15) is 64.2 Å². The molecule has 0 spiro atoms. The van der Waals surface area contributed by atoms with Crippen molar-refractivity contribution in [2.45, 2.75) is 76.4 Å². The molecule has 2 aromatic rings. The first kappa shape index (κ1) is 25.8. The van der Waals surface area contributed by atoms with Crippen molar-refractivity contribution >= 4 is 34.3 Å². The number of halogens is 1. The molecule has 7 nitrogen and oxygen atoms in total. The number of carbonyl (C=O) groups is 1. The lowest BCUT2D eigenvalue weighted by molar-refractivity contribution is -0.123. The number of carbonyl (C=O) groups excluding carboxylic acids is 1. The first-order chi connectivity index (χ1) is 17.6. The van der Waals surface area contributed by atoms with Crippen LogP contribution in [0.3, 0.4) is 0 Å². The molecular formula is C28H41ClN4O3. The highest BCUT2D eigenvalue weighted by molar-refractivity contribution is 6.31. The minimum absolute atomic E-state index is 0.264. The summed E-state index contributed by atoms with van der Waals surface area (Å²) in [5, 5.41) is 9.36. The summed E-state index contributed by atoms with van der Waals surface area (Å²) in [4.78, 5) is 17.5. The monoisotopic (exact) mass is 516 g/mol. The van der Waals surface area contributed by atoms with Gasteiger partial charge < -0.3 is 19.5 Å². The summed E-state index contributed by atoms with van der Waals surface area (Å²) < 4.78 is 11.0. The molecule has 0 bridgehead atoms. The number of hydrogen-bond donors (Lipinski definition) is 1. The van der Waals surface area contributed by atoms with Crippen LogP contribution in [0.15, 0.2) is 22.7 Å². The predicted octanol–water partition coefficient (Wildman–Crippen LogP) is 5.26. The zero-order valence-electron chi connectivity index (χ0n) is 21.6. The number of fused-ring (bicyclic) bond motifs is 1. The van der Waals surface area contributed by atoms with Gasteiger partial charge in [0.25, 0.3) is 0 Å². The van der Waals surface area contributed by atoms with E-state index < -0.39 is 0 Å². The molecule has 198 valence electrons. The van der Waals surface area contributed by atoms with Crippen molar-refractivity contribution in [3.8, 4) is 0 Å². The maximum absolute atomic E-state index is 12.6. The zero-order valence-corrected chi connectivity index (χ0v) is 22.3. The quantitative estimate of drug-likeness (QED) is 0.516. The maximum atomic E-state index is 12.6. The number of methoxy groups -OCH3 is 1. The molecule has 2 saturated carbocycles. The van der Waals surface area contributed by atoms with Crippen LogP contribution in [0.25, 0.3) is 11.0 Å². The highest BCUT2D eigenvalue weighted by atomic mass is 35.5. The number of rotatable bonds is 8. The van der Waals surface area contributed by atoms with Gasteiger partial charge in [0.15, 0.2) is 11.4 Å². The van der Waals surface area contributed by atoms with Crippen LogP contribution in [0.4, 0.5) is 5.82 Å². The third-order valence-corrected chi connectivity index (χ3v) is 8.99. The van der Waals surface area contributed by atoms with Crippen LogP contribution in [0, 0.1) is 11.8 Å². The van der Waals surface area contributed by atoms with Gasteiger partial charge in [0.2, 0.25) is 5.91 Å². The van der Waals surface area contributed by atoms with E-state index in [0.29, 0.717) is 29.5 Å². The Bertz CT molecular complexity index is 990. The molecule has 1 aromatic carbocycles. The lowest BCUT2D eigenvalue weighted by atomic mass is 9.83. The van der Waals surface area contributed by atoms with Crippen molar-refractivity contribution < 1.29 is 14.1 Å². The minimum Gasteiger partial charge on any atom is -0.381 e. The predicted molar refractivity (Wildman–Crippen MR) is 144 cm³/mol. The van der Waals surface area contributed by atoms with Gasteiger partial charge in [-0.15, -0.1) is 0 Å². The Labute approximate surface area is 219 Å². The van der Waals surface area contributed by atoms with Crippen LogP contribution < -0.4 is 10.2 Å². The number of amides is 1. The van der Waals surface area contributed by atoms with Crippen molar-refractivity contribution in [1.29, 1.82) is 0 Å². The lowest BCUT2D eigenvalue weighted by Crippen LogP contribution is -2.47. The number of nitrogens with zero attached hydrogens (tertiary/aromatic N) is 3. The molecule has 0 radical (unpaired) electrons. The molecule has 5 rings (SSSR count). The highest BCUT2D eigenvalue weighted by Gasteiger charge is 2.27. The van der Waals surface area contributed by atoms with Crippen molar-refractivity contribution in [3.63, 3.8) is 0 Å². The second kappa shape index (κ2) is 12.1. The number of ether oxygens (including phenoxy) is 1. The zero-order chi connectivity index (χ0) is 24.9. The summed E-state index contributed by atoms with van der Waals surface area (Å²) in [6, 6.07) is 6.11. The van der Waals surface area contributed by atoms with Crippen LogP contribution in [0.2, 0.25) is 5.02 Å². The van der Waals surface area contributed by atoms with Gasteiger partial charge >= 0.3 is 0 Å². The summed E-state index contributed by atoms with van der Waals surface area (Å²) in [6.07, 6.45) is 11.5. The molecule has 1 N–H and O–H groups in total. The van der Waals surface area contributed by atoms with Crippen molar-refractivity contribution in [2.75, 3.05) is 44.7 Å². The number of aromatic nitrogens is 1. The summed E-state index contributed by atoms with van der Waals surface area (Å²) in [5.41, 5.74) is 0.751. The maximum Gasteiger partial charge on any atom is 0.220 e. The fourth-order valence-corrected chi connectivity index (χ4v) is 6.55. The van der Waals surface area contributed by atoms with E-state index in [0.717, 1.165) is 94.0 Å². The van der Waals surface area contributed by atoms with Gasteiger partial charge in [-0.1, -0.05) is 16.8 Å². The molecule has 2 aliphatic carbocycles. The standard InChI is InChI=1S/C28H41ClN4O3/c1-35-24-9-4-21(5-10-24)18-27(34)30-23-7-2-20(3-8-23)12-13-32-14-16-33(17-15-32)28-25-11-6-22(29)19-26(25)36-31-28/h6,11,19-21,23-24H,2-5,7-10,12-18H2,1H3,(H,30,34)/t20-,21-,23-,24-. The molecule has 0 unspecified atom stereocenters. The van der Waals surface area contributed by atoms with E-state index in [2.05, 4.69) is 20.3 Å². The Hall–Kier alpha value is -1.83. The Morgan fingerprint density at radius 3 is 2.50 bits per heavy atom. The van der Waals surface area contributed by atoms with Crippen LogP contribution >= 0.6 is 11.6 Å². The van der Waals surface area contributed by atoms with Crippen molar-refractivity contribution in [3.05, 3.63) is 23.2 Å². The van der Waals surface area contributed by atoms with Crippen molar-refractivity contribution in [1.82, 2.24) is 15.4 Å².